The molecule has 0 aliphatic carbocycles. The smallest absolute Gasteiger partial charge is 0.221 e. The van der Waals surface area contributed by atoms with E-state index in [1.54, 1.807) is 22.8 Å². The second-order valence-corrected chi connectivity index (χ2v) is 10.3. The number of amides is 1. The molecule has 1 aliphatic rings. The van der Waals surface area contributed by atoms with Crippen molar-refractivity contribution >= 4 is 49.4 Å². The van der Waals surface area contributed by atoms with Gasteiger partial charge in [0, 0.05) is 38.8 Å². The Morgan fingerprint density at radius 3 is 2.34 bits per heavy atom. The first-order valence-corrected chi connectivity index (χ1v) is 12.8. The lowest BCUT2D eigenvalue weighted by molar-refractivity contribution is -0.114. The number of hydrogen-bond donors (Lipinski definition) is 2. The van der Waals surface area contributed by atoms with E-state index in [0.29, 0.717) is 48.7 Å². The van der Waals surface area contributed by atoms with Gasteiger partial charge in [-0.25, -0.2) is 18.4 Å². The molecule has 3 N–H and O–H groups in total. The van der Waals surface area contributed by atoms with Crippen LogP contribution in [0, 0.1) is 0 Å². The van der Waals surface area contributed by atoms with E-state index in [1.165, 1.54) is 19.1 Å². The molecular formula is C24H26N6O4S. The predicted octanol–water partition coefficient (Wildman–Crippen LogP) is 2.29. The van der Waals surface area contributed by atoms with Gasteiger partial charge < -0.3 is 20.4 Å². The molecule has 182 valence electrons. The first-order valence-electron chi connectivity index (χ1n) is 11.3. The number of nitrogens with zero attached hydrogens (tertiary/aromatic N) is 4. The molecule has 3 heterocycles. The molecule has 10 nitrogen and oxygen atoms in total. The van der Waals surface area contributed by atoms with Gasteiger partial charge in [0.1, 0.15) is 16.2 Å². The fourth-order valence-electron chi connectivity index (χ4n) is 4.29. The number of nitrogens with one attached hydrogen (secondary N) is 1. The van der Waals surface area contributed by atoms with E-state index in [-0.39, 0.29) is 27.0 Å². The van der Waals surface area contributed by atoms with Crippen molar-refractivity contribution in [2.24, 2.45) is 0 Å². The second-order valence-electron chi connectivity index (χ2n) is 8.41. The molecule has 0 unspecified atom stereocenters. The van der Waals surface area contributed by atoms with Crippen molar-refractivity contribution in [1.29, 1.82) is 0 Å². The summed E-state index contributed by atoms with van der Waals surface area (Å²) in [5.74, 6) is -0.134. The molecule has 1 saturated heterocycles. The quantitative estimate of drug-likeness (QED) is 0.417. The van der Waals surface area contributed by atoms with Crippen LogP contribution in [0.5, 0.6) is 0 Å². The van der Waals surface area contributed by atoms with Crippen molar-refractivity contribution in [3.8, 4) is 0 Å². The summed E-state index contributed by atoms with van der Waals surface area (Å²) in [6.07, 6.45) is 0. The van der Waals surface area contributed by atoms with Crippen LogP contribution in [0.3, 0.4) is 0 Å². The minimum absolute atomic E-state index is 0.0555. The van der Waals surface area contributed by atoms with Gasteiger partial charge in [0.15, 0.2) is 5.65 Å². The Morgan fingerprint density at radius 2 is 1.69 bits per heavy atom. The third-order valence-corrected chi connectivity index (χ3v) is 7.88. The van der Waals surface area contributed by atoms with Crippen LogP contribution >= 0.6 is 0 Å². The highest BCUT2D eigenvalue weighted by Crippen LogP contribution is 2.35. The highest BCUT2D eigenvalue weighted by molar-refractivity contribution is 7.92. The molecule has 4 aromatic rings. The number of sulfone groups is 1. The highest BCUT2D eigenvalue weighted by atomic mass is 32.2. The Labute approximate surface area is 202 Å². The maximum Gasteiger partial charge on any atom is 0.221 e. The van der Waals surface area contributed by atoms with Crippen LogP contribution in [0.4, 0.5) is 11.5 Å². The molecule has 0 bridgehead atoms. The minimum Gasteiger partial charge on any atom is -0.384 e. The Balaban J connectivity index is 1.62. The topological polar surface area (TPSA) is 132 Å². The van der Waals surface area contributed by atoms with Gasteiger partial charge in [-0.15, -0.1) is 0 Å². The number of hydrogen-bond acceptors (Lipinski definition) is 8. The maximum absolute atomic E-state index is 13.8. The van der Waals surface area contributed by atoms with E-state index in [1.807, 2.05) is 18.2 Å². The van der Waals surface area contributed by atoms with E-state index in [2.05, 4.69) is 15.2 Å². The van der Waals surface area contributed by atoms with Gasteiger partial charge >= 0.3 is 0 Å². The van der Waals surface area contributed by atoms with Crippen LogP contribution in [-0.2, 0) is 25.9 Å². The molecule has 2 aromatic carbocycles. The van der Waals surface area contributed by atoms with Gasteiger partial charge in [0.2, 0.25) is 15.7 Å². The Morgan fingerprint density at radius 1 is 1.03 bits per heavy atom. The average molecular weight is 495 g/mol. The Hall–Kier alpha value is -3.54. The summed E-state index contributed by atoms with van der Waals surface area (Å²) in [7, 11) is -4.03. The minimum atomic E-state index is -4.03. The molecule has 5 rings (SSSR count). The lowest BCUT2D eigenvalue weighted by Gasteiger charge is -2.26. The number of carbonyl (C=O) groups is 1. The van der Waals surface area contributed by atoms with Crippen molar-refractivity contribution in [3.05, 3.63) is 48.5 Å². The molecule has 1 aliphatic heterocycles. The van der Waals surface area contributed by atoms with Crippen molar-refractivity contribution in [2.75, 3.05) is 43.9 Å². The highest BCUT2D eigenvalue weighted by Gasteiger charge is 2.30. The number of morpholine rings is 1. The Bertz CT molecular complexity index is 1510. The summed E-state index contributed by atoms with van der Waals surface area (Å²) in [5.41, 5.74) is 8.94. The van der Waals surface area contributed by atoms with Crippen LogP contribution in [0.15, 0.2) is 58.3 Å². The number of para-hydroxylation sites is 2. The van der Waals surface area contributed by atoms with E-state index in [4.69, 9.17) is 15.5 Å². The lowest BCUT2D eigenvalue weighted by atomic mass is 10.3. The van der Waals surface area contributed by atoms with Gasteiger partial charge in [0.05, 0.1) is 29.1 Å². The van der Waals surface area contributed by atoms with Gasteiger partial charge in [0.25, 0.3) is 0 Å². The SMILES string of the molecule is CC(=O)Nc1ccc(S(=O)(=O)c2c(N)n(CCN3CCOCC3)c3nc4ccccc4nc23)cc1. The monoisotopic (exact) mass is 494 g/mol. The molecule has 35 heavy (non-hydrogen) atoms. The van der Waals surface area contributed by atoms with Crippen LogP contribution in [0.2, 0.25) is 0 Å². The zero-order chi connectivity index (χ0) is 24.6. The standard InChI is InChI=1S/C24H26N6O4S/c1-16(31)26-17-6-8-18(9-7-17)35(32,33)22-21-24(28-20-5-3-2-4-19(20)27-21)30(23(22)25)11-10-29-12-14-34-15-13-29/h2-9H,10-15,25H2,1H3,(H,26,31). The second kappa shape index (κ2) is 9.25. The number of fused-ring (bicyclic) bond motifs is 2. The number of benzene rings is 2. The van der Waals surface area contributed by atoms with Crippen molar-refractivity contribution < 1.29 is 17.9 Å². The lowest BCUT2D eigenvalue weighted by Crippen LogP contribution is -2.38. The average Bonchev–Trinajstić information content (AvgIpc) is 3.12. The van der Waals surface area contributed by atoms with Gasteiger partial charge in [-0.1, -0.05) is 12.1 Å². The molecule has 0 spiro atoms. The number of anilines is 2. The molecule has 0 atom stereocenters. The van der Waals surface area contributed by atoms with Crippen LogP contribution in [-0.4, -0.2) is 66.6 Å². The molecule has 2 aromatic heterocycles. The number of nitrogen functional groups attached to an aromatic ring is 1. The van der Waals surface area contributed by atoms with Gasteiger partial charge in [-0.05, 0) is 36.4 Å². The molecule has 11 heteroatoms. The largest absolute Gasteiger partial charge is 0.384 e. The number of rotatable bonds is 6. The van der Waals surface area contributed by atoms with E-state index in [9.17, 15) is 13.2 Å². The normalized spacial score (nSPS) is 15.0. The van der Waals surface area contributed by atoms with Crippen LogP contribution < -0.4 is 11.1 Å². The van der Waals surface area contributed by atoms with Gasteiger partial charge in [-0.3, -0.25) is 9.69 Å². The summed E-state index contributed by atoms with van der Waals surface area (Å²) in [6, 6.07) is 13.3. The maximum atomic E-state index is 13.8. The van der Waals surface area contributed by atoms with Gasteiger partial charge in [-0.2, -0.15) is 0 Å². The fraction of sp³-hybridized carbons (Fsp3) is 0.292. The molecule has 0 saturated carbocycles. The number of aromatic nitrogens is 3. The number of ether oxygens (including phenoxy) is 1. The summed E-state index contributed by atoms with van der Waals surface area (Å²) in [5, 5.41) is 2.64. The third kappa shape index (κ3) is 4.45. The van der Waals surface area contributed by atoms with Crippen molar-refractivity contribution in [3.63, 3.8) is 0 Å². The van der Waals surface area contributed by atoms with E-state index in [0.717, 1.165) is 13.1 Å². The summed E-state index contributed by atoms with van der Waals surface area (Å²) in [6.45, 7) is 5.48. The van der Waals surface area contributed by atoms with Crippen molar-refractivity contribution in [1.82, 2.24) is 19.4 Å². The Kier molecular flexibility index (Phi) is 6.13. The first-order chi connectivity index (χ1) is 16.8. The zero-order valence-corrected chi connectivity index (χ0v) is 20.1. The third-order valence-electron chi connectivity index (χ3n) is 6.04. The molecule has 1 amide bonds. The zero-order valence-electron chi connectivity index (χ0n) is 19.3. The summed E-state index contributed by atoms with van der Waals surface area (Å²) in [4.78, 5) is 23.0. The molecule has 1 fully saturated rings. The van der Waals surface area contributed by atoms with Crippen LogP contribution in [0.1, 0.15) is 6.92 Å². The number of carbonyl (C=O) groups excluding carboxylic acids is 1. The summed E-state index contributed by atoms with van der Waals surface area (Å²) < 4.78 is 34.7. The van der Waals surface area contributed by atoms with E-state index >= 15 is 0 Å². The fourth-order valence-corrected chi connectivity index (χ4v) is 5.79. The van der Waals surface area contributed by atoms with Crippen LogP contribution in [0.25, 0.3) is 22.2 Å². The van der Waals surface area contributed by atoms with E-state index < -0.39 is 9.84 Å². The molecular weight excluding hydrogens is 468 g/mol. The predicted molar refractivity (Wildman–Crippen MR) is 133 cm³/mol. The molecule has 0 radical (unpaired) electrons. The number of nitrogens with two attached hydrogens (primary N) is 1. The summed E-state index contributed by atoms with van der Waals surface area (Å²) >= 11 is 0. The van der Waals surface area contributed by atoms with Crippen molar-refractivity contribution in [2.45, 2.75) is 23.3 Å². The first kappa shape index (κ1) is 23.2.